The molecule has 0 bridgehead atoms. The quantitative estimate of drug-likeness (QED) is 0.621. The van der Waals surface area contributed by atoms with E-state index in [1.807, 2.05) is 6.07 Å². The zero-order chi connectivity index (χ0) is 8.55. The van der Waals surface area contributed by atoms with Gasteiger partial charge in [0.1, 0.15) is 5.82 Å². The van der Waals surface area contributed by atoms with Crippen LogP contribution < -0.4 is 5.73 Å². The summed E-state index contributed by atoms with van der Waals surface area (Å²) in [5.41, 5.74) is 7.74. The molecule has 2 N–H and O–H groups in total. The largest absolute Gasteiger partial charge is 0.327 e. The third-order valence-corrected chi connectivity index (χ3v) is 2.46. The first-order valence-corrected chi connectivity index (χ1v) is 4.29. The summed E-state index contributed by atoms with van der Waals surface area (Å²) in [5, 5.41) is 0. The van der Waals surface area contributed by atoms with E-state index >= 15 is 0 Å². The first kappa shape index (κ1) is 7.74. The number of hydrogen-bond donors (Lipinski definition) is 1. The summed E-state index contributed by atoms with van der Waals surface area (Å²) >= 11 is 0. The molecular weight excluding hydrogens is 153 g/mol. The summed E-state index contributed by atoms with van der Waals surface area (Å²) in [6.07, 6.45) is 2.53. The maximum Gasteiger partial charge on any atom is 0.126 e. The van der Waals surface area contributed by atoms with Gasteiger partial charge in [-0.1, -0.05) is 12.1 Å². The van der Waals surface area contributed by atoms with Crippen LogP contribution in [0.2, 0.25) is 0 Å². The molecule has 0 saturated carbocycles. The lowest BCUT2D eigenvalue weighted by Crippen LogP contribution is -2.28. The maximum absolute atomic E-state index is 13.2. The van der Waals surface area contributed by atoms with Crippen molar-refractivity contribution in [1.29, 1.82) is 0 Å². The van der Waals surface area contributed by atoms with E-state index in [9.17, 15) is 4.39 Å². The lowest BCUT2D eigenvalue weighted by molar-refractivity contribution is 0.537. The Kier molecular flexibility index (Phi) is 1.85. The van der Waals surface area contributed by atoms with E-state index in [4.69, 9.17) is 5.73 Å². The normalized spacial score (nSPS) is 22.0. The van der Waals surface area contributed by atoms with E-state index in [-0.39, 0.29) is 11.9 Å². The van der Waals surface area contributed by atoms with Crippen LogP contribution in [0.25, 0.3) is 0 Å². The number of rotatable bonds is 0. The lowest BCUT2D eigenvalue weighted by Gasteiger charge is -2.21. The maximum atomic E-state index is 13.2. The van der Waals surface area contributed by atoms with E-state index in [1.165, 1.54) is 6.07 Å². The molecule has 0 aromatic heterocycles. The zero-order valence-electron chi connectivity index (χ0n) is 6.89. The predicted octanol–water partition coefficient (Wildman–Crippen LogP) is 1.64. The number of hydrogen-bond acceptors (Lipinski definition) is 1. The van der Waals surface area contributed by atoms with Gasteiger partial charge in [-0.3, -0.25) is 0 Å². The summed E-state index contributed by atoms with van der Waals surface area (Å²) < 4.78 is 13.2. The predicted molar refractivity (Wildman–Crippen MR) is 46.4 cm³/mol. The number of nitrogens with two attached hydrogens (primary N) is 1. The fraction of sp³-hybridized carbons (Fsp3) is 0.400. The van der Waals surface area contributed by atoms with Gasteiger partial charge in [0.05, 0.1) is 0 Å². The van der Waals surface area contributed by atoms with Crippen LogP contribution in [0.5, 0.6) is 0 Å². The monoisotopic (exact) mass is 165 g/mol. The van der Waals surface area contributed by atoms with Crippen molar-refractivity contribution in [2.24, 2.45) is 5.73 Å². The van der Waals surface area contributed by atoms with Gasteiger partial charge in [0.2, 0.25) is 0 Å². The van der Waals surface area contributed by atoms with Gasteiger partial charge < -0.3 is 5.73 Å². The summed E-state index contributed by atoms with van der Waals surface area (Å²) in [7, 11) is 0. The fourth-order valence-corrected chi connectivity index (χ4v) is 1.79. The first-order chi connectivity index (χ1) is 5.77. The van der Waals surface area contributed by atoms with E-state index < -0.39 is 0 Å². The van der Waals surface area contributed by atoms with Crippen molar-refractivity contribution in [3.63, 3.8) is 0 Å². The van der Waals surface area contributed by atoms with Crippen molar-refractivity contribution in [2.75, 3.05) is 0 Å². The van der Waals surface area contributed by atoms with Crippen LogP contribution in [0.3, 0.4) is 0 Å². The SMILES string of the molecule is N[C@H]1CCc2c(F)cccc2C1. The molecule has 0 unspecified atom stereocenters. The Morgan fingerprint density at radius 3 is 3.08 bits per heavy atom. The topological polar surface area (TPSA) is 26.0 Å². The summed E-state index contributed by atoms with van der Waals surface area (Å²) in [4.78, 5) is 0. The number of halogens is 1. The van der Waals surface area contributed by atoms with Gasteiger partial charge in [-0.15, -0.1) is 0 Å². The highest BCUT2D eigenvalue weighted by Crippen LogP contribution is 2.22. The Morgan fingerprint density at radius 2 is 2.25 bits per heavy atom. The summed E-state index contributed by atoms with van der Waals surface area (Å²) in [5.74, 6) is -0.0700. The highest BCUT2D eigenvalue weighted by molar-refractivity contribution is 5.31. The molecule has 0 saturated heterocycles. The third kappa shape index (κ3) is 1.23. The highest BCUT2D eigenvalue weighted by atomic mass is 19.1. The van der Waals surface area contributed by atoms with Crippen molar-refractivity contribution in [3.8, 4) is 0 Å². The number of benzene rings is 1. The van der Waals surface area contributed by atoms with Gasteiger partial charge in [0.15, 0.2) is 0 Å². The molecule has 2 heteroatoms. The van der Waals surface area contributed by atoms with Gasteiger partial charge in [-0.25, -0.2) is 4.39 Å². The van der Waals surface area contributed by atoms with Crippen molar-refractivity contribution in [3.05, 3.63) is 35.1 Å². The van der Waals surface area contributed by atoms with Gasteiger partial charge in [0.25, 0.3) is 0 Å². The van der Waals surface area contributed by atoms with Crippen LogP contribution >= 0.6 is 0 Å². The summed E-state index contributed by atoms with van der Waals surface area (Å²) in [6, 6.07) is 5.47. The van der Waals surface area contributed by atoms with Gasteiger partial charge in [0, 0.05) is 6.04 Å². The van der Waals surface area contributed by atoms with Crippen LogP contribution in [0.15, 0.2) is 18.2 Å². The minimum Gasteiger partial charge on any atom is -0.327 e. The standard InChI is InChI=1S/C10H12FN/c11-10-3-1-2-7-6-8(12)4-5-9(7)10/h1-3,8H,4-6,12H2/t8-/m0/s1. The third-order valence-electron chi connectivity index (χ3n) is 2.46. The Hall–Kier alpha value is -0.890. The molecule has 1 aliphatic rings. The average molecular weight is 165 g/mol. The van der Waals surface area contributed by atoms with Crippen molar-refractivity contribution in [1.82, 2.24) is 0 Å². The van der Waals surface area contributed by atoms with E-state index in [0.29, 0.717) is 0 Å². The molecule has 0 aliphatic heterocycles. The molecule has 1 aliphatic carbocycles. The molecule has 0 spiro atoms. The minimum absolute atomic E-state index is 0.0700. The van der Waals surface area contributed by atoms with Gasteiger partial charge in [-0.05, 0) is 36.5 Å². The van der Waals surface area contributed by atoms with Gasteiger partial charge >= 0.3 is 0 Å². The minimum atomic E-state index is -0.0700. The molecule has 0 fully saturated rings. The molecule has 2 rings (SSSR count). The molecule has 12 heavy (non-hydrogen) atoms. The molecule has 0 amide bonds. The average Bonchev–Trinajstić information content (AvgIpc) is 2.04. The first-order valence-electron chi connectivity index (χ1n) is 4.29. The second kappa shape index (κ2) is 2.87. The van der Waals surface area contributed by atoms with Crippen LogP contribution in [0, 0.1) is 5.82 Å². The second-order valence-corrected chi connectivity index (χ2v) is 3.38. The molecule has 64 valence electrons. The molecule has 1 nitrogen and oxygen atoms in total. The summed E-state index contributed by atoms with van der Waals surface area (Å²) in [6.45, 7) is 0. The van der Waals surface area contributed by atoms with Crippen LogP contribution in [-0.4, -0.2) is 6.04 Å². The molecule has 1 aromatic carbocycles. The Labute approximate surface area is 71.4 Å². The van der Waals surface area contributed by atoms with Crippen LogP contribution in [0.1, 0.15) is 17.5 Å². The van der Waals surface area contributed by atoms with Gasteiger partial charge in [-0.2, -0.15) is 0 Å². The molecule has 1 atom stereocenters. The lowest BCUT2D eigenvalue weighted by atomic mass is 9.88. The highest BCUT2D eigenvalue weighted by Gasteiger charge is 2.17. The number of fused-ring (bicyclic) bond motifs is 1. The van der Waals surface area contributed by atoms with Crippen molar-refractivity contribution >= 4 is 0 Å². The smallest absolute Gasteiger partial charge is 0.126 e. The van der Waals surface area contributed by atoms with Crippen molar-refractivity contribution < 1.29 is 4.39 Å². The molecular formula is C10H12FN. The van der Waals surface area contributed by atoms with Crippen LogP contribution in [-0.2, 0) is 12.8 Å². The Bertz CT molecular complexity index is 296. The van der Waals surface area contributed by atoms with E-state index in [1.54, 1.807) is 6.07 Å². The van der Waals surface area contributed by atoms with Crippen LogP contribution in [0.4, 0.5) is 4.39 Å². The van der Waals surface area contributed by atoms with E-state index in [2.05, 4.69) is 0 Å². The van der Waals surface area contributed by atoms with Crippen molar-refractivity contribution in [2.45, 2.75) is 25.3 Å². The Morgan fingerprint density at radius 1 is 1.42 bits per heavy atom. The van der Waals surface area contributed by atoms with E-state index in [0.717, 1.165) is 30.4 Å². The second-order valence-electron chi connectivity index (χ2n) is 3.38. The zero-order valence-corrected chi connectivity index (χ0v) is 6.89. The fourth-order valence-electron chi connectivity index (χ4n) is 1.79. The molecule has 0 heterocycles. The molecule has 0 radical (unpaired) electrons. The Balaban J connectivity index is 2.42. The molecule has 1 aromatic rings.